The Labute approximate surface area is 195 Å². The van der Waals surface area contributed by atoms with Crippen molar-refractivity contribution in [2.75, 3.05) is 13.1 Å². The van der Waals surface area contributed by atoms with Gasteiger partial charge in [0.25, 0.3) is 0 Å². The molecule has 8 heteroatoms. The fourth-order valence-corrected chi connectivity index (χ4v) is 3.76. The van der Waals surface area contributed by atoms with Gasteiger partial charge < -0.3 is 9.64 Å². The number of benzene rings is 2. The van der Waals surface area contributed by atoms with Crippen LogP contribution in [0.4, 0.5) is 13.6 Å². The summed E-state index contributed by atoms with van der Waals surface area (Å²) in [4.78, 5) is 25.9. The van der Waals surface area contributed by atoms with Crippen molar-refractivity contribution in [3.63, 3.8) is 0 Å². The van der Waals surface area contributed by atoms with Gasteiger partial charge in [0.2, 0.25) is 0 Å². The fourth-order valence-electron chi connectivity index (χ4n) is 3.28. The number of likely N-dealkylation sites (tertiary alicyclic amines) is 1. The van der Waals surface area contributed by atoms with Crippen LogP contribution in [0, 0.1) is 5.82 Å². The van der Waals surface area contributed by atoms with E-state index in [0.717, 1.165) is 0 Å². The number of halogens is 4. The van der Waals surface area contributed by atoms with Gasteiger partial charge in [-0.25, -0.2) is 13.6 Å². The van der Waals surface area contributed by atoms with Crippen molar-refractivity contribution < 1.29 is 23.1 Å². The molecular weight excluding hydrogens is 459 g/mol. The predicted octanol–water partition coefficient (Wildman–Crippen LogP) is 6.83. The summed E-state index contributed by atoms with van der Waals surface area (Å²) in [5, 5.41) is -0.266. The van der Waals surface area contributed by atoms with E-state index in [0.29, 0.717) is 22.3 Å². The SMILES string of the molecule is C/C(=C/C(=O)c1ccc(C2(F)CN(C(=O)OC(C)(C)C)C2)cc1)c1cc(Cl)c(F)c(Cl)c1. The van der Waals surface area contributed by atoms with Crippen LogP contribution in [0.25, 0.3) is 5.57 Å². The van der Waals surface area contributed by atoms with Crippen LogP contribution in [0.1, 0.15) is 49.2 Å². The molecule has 0 N–H and O–H groups in total. The van der Waals surface area contributed by atoms with E-state index in [1.807, 2.05) is 0 Å². The molecule has 0 atom stereocenters. The van der Waals surface area contributed by atoms with Crippen molar-refractivity contribution in [1.29, 1.82) is 0 Å². The topological polar surface area (TPSA) is 46.6 Å². The van der Waals surface area contributed by atoms with Gasteiger partial charge in [-0.2, -0.15) is 0 Å². The highest BCUT2D eigenvalue weighted by molar-refractivity contribution is 6.35. The third-order valence-electron chi connectivity index (χ3n) is 5.01. The molecule has 3 rings (SSSR count). The lowest BCUT2D eigenvalue weighted by Crippen LogP contribution is -2.59. The smallest absolute Gasteiger partial charge is 0.410 e. The molecule has 0 aromatic heterocycles. The number of ether oxygens (including phenoxy) is 1. The van der Waals surface area contributed by atoms with Gasteiger partial charge in [-0.05, 0) is 62.6 Å². The Morgan fingerprint density at radius 3 is 2.09 bits per heavy atom. The summed E-state index contributed by atoms with van der Waals surface area (Å²) in [7, 11) is 0. The van der Waals surface area contributed by atoms with Crippen molar-refractivity contribution in [3.8, 4) is 0 Å². The fraction of sp³-hybridized carbons (Fsp3) is 0.333. The lowest BCUT2D eigenvalue weighted by Gasteiger charge is -2.44. The molecule has 1 fully saturated rings. The number of allylic oxidation sites excluding steroid dienone is 2. The summed E-state index contributed by atoms with van der Waals surface area (Å²) in [6, 6.07) is 8.92. The molecule has 1 saturated heterocycles. The molecule has 32 heavy (non-hydrogen) atoms. The maximum absolute atomic E-state index is 15.2. The third kappa shape index (κ3) is 5.30. The van der Waals surface area contributed by atoms with Crippen LogP contribution in [-0.4, -0.2) is 35.5 Å². The number of amides is 1. The Morgan fingerprint density at radius 2 is 1.59 bits per heavy atom. The minimum atomic E-state index is -1.69. The lowest BCUT2D eigenvalue weighted by molar-refractivity contribution is -0.0537. The number of hydrogen-bond acceptors (Lipinski definition) is 3. The van der Waals surface area contributed by atoms with Crippen molar-refractivity contribution in [2.45, 2.75) is 39.0 Å². The average Bonchev–Trinajstić information content (AvgIpc) is 2.67. The number of hydrogen-bond donors (Lipinski definition) is 0. The molecule has 0 spiro atoms. The number of nitrogens with zero attached hydrogens (tertiary/aromatic N) is 1. The van der Waals surface area contributed by atoms with Crippen LogP contribution in [0.2, 0.25) is 10.0 Å². The van der Waals surface area contributed by atoms with Gasteiger partial charge in [0.15, 0.2) is 17.3 Å². The number of rotatable bonds is 4. The minimum absolute atomic E-state index is 0.111. The molecule has 1 heterocycles. The number of carbonyl (C=O) groups excluding carboxylic acids is 2. The second-order valence-corrected chi connectivity index (χ2v) is 9.64. The largest absolute Gasteiger partial charge is 0.444 e. The monoisotopic (exact) mass is 481 g/mol. The summed E-state index contributed by atoms with van der Waals surface area (Å²) in [6.45, 7) is 6.71. The first kappa shape index (κ1) is 24.2. The molecule has 1 aliphatic heterocycles. The second kappa shape index (κ2) is 8.83. The van der Waals surface area contributed by atoms with Gasteiger partial charge in [-0.15, -0.1) is 0 Å². The Balaban J connectivity index is 1.69. The van der Waals surface area contributed by atoms with Gasteiger partial charge in [-0.1, -0.05) is 47.5 Å². The van der Waals surface area contributed by atoms with Gasteiger partial charge in [-0.3, -0.25) is 4.79 Å². The standard InChI is InChI=1S/C24H23Cl2F2NO3/c1-14(16-10-18(25)21(27)19(26)11-16)9-20(30)15-5-7-17(8-6-15)24(28)12-29(13-24)22(31)32-23(2,3)4/h5-11H,12-13H2,1-4H3/b14-9-. The normalized spacial score (nSPS) is 15.9. The van der Waals surface area contributed by atoms with Crippen molar-refractivity contribution in [3.05, 3.63) is 75.0 Å². The molecule has 1 aliphatic rings. The zero-order valence-corrected chi connectivity index (χ0v) is 19.7. The Hall–Kier alpha value is -2.44. The van der Waals surface area contributed by atoms with Crippen molar-refractivity contribution >= 4 is 40.7 Å². The summed E-state index contributed by atoms with van der Waals surface area (Å²) in [5.74, 6) is -1.02. The average molecular weight is 482 g/mol. The molecule has 0 bridgehead atoms. The van der Waals surface area contributed by atoms with E-state index >= 15 is 4.39 Å². The van der Waals surface area contributed by atoms with Gasteiger partial charge in [0.1, 0.15) is 5.60 Å². The first-order valence-electron chi connectivity index (χ1n) is 9.94. The van der Waals surface area contributed by atoms with E-state index in [2.05, 4.69) is 0 Å². The van der Waals surface area contributed by atoms with Crippen LogP contribution in [0.5, 0.6) is 0 Å². The van der Waals surface area contributed by atoms with Gasteiger partial charge in [0.05, 0.1) is 23.1 Å². The summed E-state index contributed by atoms with van der Waals surface area (Å²) in [5.41, 5.74) is -0.524. The molecule has 0 radical (unpaired) electrons. The first-order valence-corrected chi connectivity index (χ1v) is 10.7. The van der Waals surface area contributed by atoms with E-state index in [1.54, 1.807) is 27.7 Å². The van der Waals surface area contributed by atoms with E-state index in [9.17, 15) is 14.0 Å². The third-order valence-corrected chi connectivity index (χ3v) is 5.56. The highest BCUT2D eigenvalue weighted by atomic mass is 35.5. The molecule has 0 aliphatic carbocycles. The van der Waals surface area contributed by atoms with Crippen molar-refractivity contribution in [2.24, 2.45) is 0 Å². The van der Waals surface area contributed by atoms with Crippen LogP contribution < -0.4 is 0 Å². The van der Waals surface area contributed by atoms with Crippen LogP contribution in [-0.2, 0) is 10.4 Å². The minimum Gasteiger partial charge on any atom is -0.444 e. The molecule has 0 unspecified atom stereocenters. The second-order valence-electron chi connectivity index (χ2n) is 8.82. The Kier molecular flexibility index (Phi) is 6.68. The molecule has 1 amide bonds. The van der Waals surface area contributed by atoms with Crippen LogP contribution >= 0.6 is 23.2 Å². The zero-order chi connectivity index (χ0) is 23.8. The summed E-state index contributed by atoms with van der Waals surface area (Å²) < 4.78 is 34.0. The molecular formula is C24H23Cl2F2NO3. The lowest BCUT2D eigenvalue weighted by atomic mass is 9.87. The summed E-state index contributed by atoms with van der Waals surface area (Å²) >= 11 is 11.6. The zero-order valence-electron chi connectivity index (χ0n) is 18.1. The maximum atomic E-state index is 15.2. The van der Waals surface area contributed by atoms with Crippen LogP contribution in [0.15, 0.2) is 42.5 Å². The molecule has 170 valence electrons. The molecule has 4 nitrogen and oxygen atoms in total. The van der Waals surface area contributed by atoms with E-state index < -0.39 is 23.2 Å². The van der Waals surface area contributed by atoms with E-state index in [1.165, 1.54) is 47.4 Å². The maximum Gasteiger partial charge on any atom is 0.410 e. The predicted molar refractivity (Wildman–Crippen MR) is 121 cm³/mol. The highest BCUT2D eigenvalue weighted by Gasteiger charge is 2.48. The summed E-state index contributed by atoms with van der Waals surface area (Å²) in [6.07, 6.45) is 0.826. The first-order chi connectivity index (χ1) is 14.8. The number of alkyl halides is 1. The quantitative estimate of drug-likeness (QED) is 0.273. The van der Waals surface area contributed by atoms with Gasteiger partial charge >= 0.3 is 6.09 Å². The Bertz CT molecular complexity index is 1060. The van der Waals surface area contributed by atoms with Crippen molar-refractivity contribution in [1.82, 2.24) is 4.90 Å². The van der Waals surface area contributed by atoms with E-state index in [-0.39, 0.29) is 28.9 Å². The van der Waals surface area contributed by atoms with E-state index in [4.69, 9.17) is 27.9 Å². The number of carbonyl (C=O) groups is 2. The molecule has 0 saturated carbocycles. The Morgan fingerprint density at radius 1 is 1.06 bits per heavy atom. The molecule has 2 aromatic rings. The highest BCUT2D eigenvalue weighted by Crippen LogP contribution is 2.37. The number of ketones is 1. The molecule has 2 aromatic carbocycles. The van der Waals surface area contributed by atoms with Crippen LogP contribution in [0.3, 0.4) is 0 Å². The van der Waals surface area contributed by atoms with Gasteiger partial charge in [0, 0.05) is 5.56 Å².